The number of rotatable bonds is 8. The lowest BCUT2D eigenvalue weighted by molar-refractivity contribution is 0.195. The first-order valence-electron chi connectivity index (χ1n) is 7.13. The predicted octanol–water partition coefficient (Wildman–Crippen LogP) is 1.55. The van der Waals surface area contributed by atoms with Crippen LogP contribution in [0.15, 0.2) is 29.3 Å². The van der Waals surface area contributed by atoms with E-state index in [1.165, 1.54) is 6.26 Å². The minimum Gasteiger partial charge on any atom is -0.385 e. The SMILES string of the molecule is CN=C(NCCCOC)NCc1ccc(CS(C)(=O)=O)cc1.I. The number of hydrogen-bond donors (Lipinski definition) is 2. The van der Waals surface area contributed by atoms with Crippen LogP contribution in [0.5, 0.6) is 0 Å². The summed E-state index contributed by atoms with van der Waals surface area (Å²) in [6, 6.07) is 7.52. The third-order valence-electron chi connectivity index (χ3n) is 2.95. The minimum absolute atomic E-state index is 0. The molecule has 0 aliphatic rings. The van der Waals surface area contributed by atoms with Crippen LogP contribution in [0.4, 0.5) is 0 Å². The number of halogens is 1. The minimum atomic E-state index is -2.99. The van der Waals surface area contributed by atoms with Crippen molar-refractivity contribution < 1.29 is 13.2 Å². The molecule has 0 spiro atoms. The van der Waals surface area contributed by atoms with E-state index in [2.05, 4.69) is 15.6 Å². The van der Waals surface area contributed by atoms with Crippen molar-refractivity contribution in [3.63, 3.8) is 0 Å². The number of ether oxygens (including phenoxy) is 1. The van der Waals surface area contributed by atoms with Crippen LogP contribution in [0.1, 0.15) is 17.5 Å². The number of methoxy groups -OCH3 is 1. The van der Waals surface area contributed by atoms with Gasteiger partial charge in [0, 0.05) is 40.1 Å². The third kappa shape index (κ3) is 10.5. The highest BCUT2D eigenvalue weighted by atomic mass is 127. The van der Waals surface area contributed by atoms with E-state index < -0.39 is 9.84 Å². The fraction of sp³-hybridized carbons (Fsp3) is 0.533. The van der Waals surface area contributed by atoms with E-state index in [1.54, 1.807) is 14.2 Å². The number of benzene rings is 1. The lowest BCUT2D eigenvalue weighted by atomic mass is 10.1. The van der Waals surface area contributed by atoms with Crippen molar-refractivity contribution in [1.82, 2.24) is 10.6 Å². The van der Waals surface area contributed by atoms with Crippen LogP contribution >= 0.6 is 24.0 Å². The molecule has 0 amide bonds. The number of guanidine groups is 1. The van der Waals surface area contributed by atoms with Gasteiger partial charge in [-0.15, -0.1) is 24.0 Å². The van der Waals surface area contributed by atoms with Crippen LogP contribution in [0.25, 0.3) is 0 Å². The van der Waals surface area contributed by atoms with Gasteiger partial charge in [-0.1, -0.05) is 24.3 Å². The van der Waals surface area contributed by atoms with Gasteiger partial charge >= 0.3 is 0 Å². The van der Waals surface area contributed by atoms with Crippen molar-refractivity contribution in [3.8, 4) is 0 Å². The van der Waals surface area contributed by atoms with E-state index in [-0.39, 0.29) is 29.7 Å². The number of nitrogens with zero attached hydrogens (tertiary/aromatic N) is 1. The van der Waals surface area contributed by atoms with Gasteiger partial charge in [0.05, 0.1) is 5.75 Å². The molecule has 132 valence electrons. The summed E-state index contributed by atoms with van der Waals surface area (Å²) in [6.45, 7) is 2.13. The summed E-state index contributed by atoms with van der Waals surface area (Å²) in [5, 5.41) is 6.41. The van der Waals surface area contributed by atoms with E-state index in [0.29, 0.717) is 13.2 Å². The summed E-state index contributed by atoms with van der Waals surface area (Å²) in [7, 11) is 0.414. The van der Waals surface area contributed by atoms with Gasteiger partial charge < -0.3 is 15.4 Å². The molecular weight excluding hydrogens is 429 g/mol. The Hall–Kier alpha value is -0.870. The molecule has 0 aromatic heterocycles. The molecule has 0 heterocycles. The zero-order valence-corrected chi connectivity index (χ0v) is 17.0. The van der Waals surface area contributed by atoms with Crippen LogP contribution in [-0.2, 0) is 26.9 Å². The Kier molecular flexibility index (Phi) is 11.2. The van der Waals surface area contributed by atoms with Gasteiger partial charge in [0.15, 0.2) is 15.8 Å². The fourth-order valence-corrected chi connectivity index (χ4v) is 2.68. The number of nitrogens with one attached hydrogen (secondary N) is 2. The van der Waals surface area contributed by atoms with Crippen molar-refractivity contribution in [1.29, 1.82) is 0 Å². The number of hydrogen-bond acceptors (Lipinski definition) is 4. The molecule has 0 saturated heterocycles. The van der Waals surface area contributed by atoms with Crippen LogP contribution in [0.3, 0.4) is 0 Å². The highest BCUT2D eigenvalue weighted by molar-refractivity contribution is 14.0. The number of aliphatic imine (C=N–C) groups is 1. The first-order valence-corrected chi connectivity index (χ1v) is 9.19. The predicted molar refractivity (Wildman–Crippen MR) is 105 cm³/mol. The summed E-state index contributed by atoms with van der Waals surface area (Å²) < 4.78 is 27.5. The summed E-state index contributed by atoms with van der Waals surface area (Å²) in [6.07, 6.45) is 2.15. The average molecular weight is 455 g/mol. The molecule has 1 rings (SSSR count). The summed E-state index contributed by atoms with van der Waals surface area (Å²) >= 11 is 0. The van der Waals surface area contributed by atoms with E-state index in [4.69, 9.17) is 4.74 Å². The molecule has 0 aliphatic heterocycles. The van der Waals surface area contributed by atoms with Gasteiger partial charge in [0.1, 0.15) is 0 Å². The van der Waals surface area contributed by atoms with Crippen LogP contribution in [-0.4, -0.2) is 47.9 Å². The van der Waals surface area contributed by atoms with Gasteiger partial charge in [-0.2, -0.15) is 0 Å². The zero-order valence-electron chi connectivity index (χ0n) is 13.8. The van der Waals surface area contributed by atoms with Gasteiger partial charge in [0.25, 0.3) is 0 Å². The second kappa shape index (κ2) is 11.6. The molecule has 2 N–H and O–H groups in total. The van der Waals surface area contributed by atoms with Gasteiger partial charge in [-0.05, 0) is 17.5 Å². The molecule has 1 aromatic rings. The van der Waals surface area contributed by atoms with E-state index in [0.717, 1.165) is 30.1 Å². The number of sulfone groups is 1. The van der Waals surface area contributed by atoms with E-state index in [1.807, 2.05) is 24.3 Å². The van der Waals surface area contributed by atoms with Crippen molar-refractivity contribution in [3.05, 3.63) is 35.4 Å². The highest BCUT2D eigenvalue weighted by Crippen LogP contribution is 2.07. The van der Waals surface area contributed by atoms with Crippen molar-refractivity contribution in [2.24, 2.45) is 4.99 Å². The topological polar surface area (TPSA) is 79.8 Å². The Bertz CT molecular complexity index is 574. The van der Waals surface area contributed by atoms with E-state index >= 15 is 0 Å². The zero-order chi connectivity index (χ0) is 16.4. The quantitative estimate of drug-likeness (QED) is 0.269. The Labute approximate surface area is 156 Å². The van der Waals surface area contributed by atoms with Crippen LogP contribution in [0.2, 0.25) is 0 Å². The monoisotopic (exact) mass is 455 g/mol. The van der Waals surface area contributed by atoms with Gasteiger partial charge in [0.2, 0.25) is 0 Å². The molecule has 8 heteroatoms. The molecule has 0 aliphatic carbocycles. The first-order chi connectivity index (χ1) is 10.4. The molecule has 6 nitrogen and oxygen atoms in total. The Morgan fingerprint density at radius 2 is 1.78 bits per heavy atom. The Morgan fingerprint density at radius 3 is 2.30 bits per heavy atom. The Morgan fingerprint density at radius 1 is 1.17 bits per heavy atom. The Balaban J connectivity index is 0.00000484. The van der Waals surface area contributed by atoms with Gasteiger partial charge in [-0.3, -0.25) is 4.99 Å². The molecule has 0 saturated carbocycles. The van der Waals surface area contributed by atoms with Crippen LogP contribution < -0.4 is 10.6 Å². The summed E-state index contributed by atoms with van der Waals surface area (Å²) in [4.78, 5) is 4.14. The molecule has 1 aromatic carbocycles. The normalized spacial score (nSPS) is 11.7. The second-order valence-corrected chi connectivity index (χ2v) is 7.23. The van der Waals surface area contributed by atoms with Crippen LogP contribution in [0, 0.1) is 0 Å². The standard InChI is InChI=1S/C15H25N3O3S.HI/c1-16-15(17-9-4-10-21-2)18-11-13-5-7-14(8-6-13)12-22(3,19)20;/h5-8H,4,9-12H2,1-3H3,(H2,16,17,18);1H. The molecule has 0 unspecified atom stereocenters. The molecule has 0 atom stereocenters. The summed E-state index contributed by atoms with van der Waals surface area (Å²) in [5.74, 6) is 0.806. The lowest BCUT2D eigenvalue weighted by Crippen LogP contribution is -2.37. The van der Waals surface area contributed by atoms with Crippen molar-refractivity contribution in [2.75, 3.05) is 33.6 Å². The maximum atomic E-state index is 11.2. The van der Waals surface area contributed by atoms with Gasteiger partial charge in [-0.25, -0.2) is 8.42 Å². The maximum absolute atomic E-state index is 11.2. The molecule has 23 heavy (non-hydrogen) atoms. The fourth-order valence-electron chi connectivity index (χ4n) is 1.89. The summed E-state index contributed by atoms with van der Waals surface area (Å²) in [5.41, 5.74) is 1.87. The highest BCUT2D eigenvalue weighted by Gasteiger charge is 2.04. The maximum Gasteiger partial charge on any atom is 0.191 e. The van der Waals surface area contributed by atoms with E-state index in [9.17, 15) is 8.42 Å². The largest absolute Gasteiger partial charge is 0.385 e. The first kappa shape index (κ1) is 22.1. The molecule has 0 bridgehead atoms. The molecular formula is C15H26IN3O3S. The lowest BCUT2D eigenvalue weighted by Gasteiger charge is -2.12. The smallest absolute Gasteiger partial charge is 0.191 e. The second-order valence-electron chi connectivity index (χ2n) is 5.09. The van der Waals surface area contributed by atoms with Crippen molar-refractivity contribution >= 4 is 39.8 Å². The average Bonchev–Trinajstić information content (AvgIpc) is 2.46. The third-order valence-corrected chi connectivity index (χ3v) is 3.81. The molecule has 0 radical (unpaired) electrons. The van der Waals surface area contributed by atoms with Crippen molar-refractivity contribution in [2.45, 2.75) is 18.7 Å². The molecule has 0 fully saturated rings.